The molecule has 1 rings (SSSR count). The second-order valence-corrected chi connectivity index (χ2v) is 5.42. The van der Waals surface area contributed by atoms with E-state index in [2.05, 4.69) is 17.1 Å². The third-order valence-corrected chi connectivity index (χ3v) is 3.54. The van der Waals surface area contributed by atoms with E-state index in [1.807, 2.05) is 0 Å². The molecule has 1 heterocycles. The van der Waals surface area contributed by atoms with Crippen LogP contribution in [0.3, 0.4) is 0 Å². The van der Waals surface area contributed by atoms with Crippen molar-refractivity contribution in [2.45, 2.75) is 57.9 Å². The van der Waals surface area contributed by atoms with E-state index in [9.17, 15) is 4.79 Å². The summed E-state index contributed by atoms with van der Waals surface area (Å²) in [5.41, 5.74) is 0. The number of nitrogens with one attached hydrogen (secondary N) is 1. The first-order chi connectivity index (χ1) is 8.68. The fraction of sp³-hybridized carbons (Fsp3) is 0.929. The van der Waals surface area contributed by atoms with Crippen molar-refractivity contribution in [1.29, 1.82) is 0 Å². The smallest absolute Gasteiger partial charge is 0.303 e. The summed E-state index contributed by atoms with van der Waals surface area (Å²) in [6.07, 6.45) is 7.29. The van der Waals surface area contributed by atoms with Gasteiger partial charge in [-0.05, 0) is 52.2 Å². The largest absolute Gasteiger partial charge is 0.481 e. The summed E-state index contributed by atoms with van der Waals surface area (Å²) in [5.74, 6) is -0.679. The lowest BCUT2D eigenvalue weighted by Gasteiger charge is -2.29. The maximum atomic E-state index is 10.3. The van der Waals surface area contributed by atoms with Crippen LogP contribution >= 0.6 is 0 Å². The topological polar surface area (TPSA) is 52.6 Å². The Kier molecular flexibility index (Phi) is 8.01. The van der Waals surface area contributed by atoms with E-state index < -0.39 is 5.97 Å². The van der Waals surface area contributed by atoms with Gasteiger partial charge in [0.1, 0.15) is 0 Å². The number of hydrogen-bond donors (Lipinski definition) is 2. The Morgan fingerprint density at radius 3 is 2.61 bits per heavy atom. The van der Waals surface area contributed by atoms with Crippen molar-refractivity contribution < 1.29 is 9.90 Å². The van der Waals surface area contributed by atoms with Gasteiger partial charge in [0.15, 0.2) is 0 Å². The van der Waals surface area contributed by atoms with Gasteiger partial charge in [-0.3, -0.25) is 4.79 Å². The maximum Gasteiger partial charge on any atom is 0.303 e. The van der Waals surface area contributed by atoms with Crippen LogP contribution in [0.15, 0.2) is 0 Å². The zero-order chi connectivity index (χ0) is 13.2. The average Bonchev–Trinajstić information content (AvgIpc) is 2.34. The first kappa shape index (κ1) is 15.4. The van der Waals surface area contributed by atoms with Gasteiger partial charge in [0.05, 0.1) is 0 Å². The van der Waals surface area contributed by atoms with Crippen LogP contribution in [0.25, 0.3) is 0 Å². The highest BCUT2D eigenvalue weighted by Gasteiger charge is 2.12. The number of unbranched alkanes of at least 4 members (excludes halogenated alkanes) is 2. The summed E-state index contributed by atoms with van der Waals surface area (Å²) in [5, 5.41) is 12.0. The zero-order valence-electron chi connectivity index (χ0n) is 11.7. The van der Waals surface area contributed by atoms with Crippen LogP contribution in [0.5, 0.6) is 0 Å². The highest BCUT2D eigenvalue weighted by molar-refractivity contribution is 5.66. The number of hydrogen-bond acceptors (Lipinski definition) is 3. The number of rotatable bonds is 9. The molecule has 0 aliphatic carbocycles. The average molecular weight is 256 g/mol. The van der Waals surface area contributed by atoms with Gasteiger partial charge in [-0.2, -0.15) is 0 Å². The molecular weight excluding hydrogens is 228 g/mol. The Morgan fingerprint density at radius 2 is 1.94 bits per heavy atom. The number of nitrogens with zero attached hydrogens (tertiary/aromatic N) is 1. The molecule has 18 heavy (non-hydrogen) atoms. The van der Waals surface area contributed by atoms with Crippen LogP contribution < -0.4 is 5.32 Å². The van der Waals surface area contributed by atoms with Crippen LogP contribution in [0.2, 0.25) is 0 Å². The summed E-state index contributed by atoms with van der Waals surface area (Å²) < 4.78 is 0. The first-order valence-electron chi connectivity index (χ1n) is 7.36. The van der Waals surface area contributed by atoms with E-state index in [1.165, 1.54) is 32.4 Å². The van der Waals surface area contributed by atoms with E-state index in [0.29, 0.717) is 12.5 Å². The summed E-state index contributed by atoms with van der Waals surface area (Å²) >= 11 is 0. The molecule has 4 nitrogen and oxygen atoms in total. The van der Waals surface area contributed by atoms with Crippen molar-refractivity contribution in [3.05, 3.63) is 0 Å². The lowest BCUT2D eigenvalue weighted by Crippen LogP contribution is -2.41. The molecule has 0 saturated carbocycles. The predicted molar refractivity (Wildman–Crippen MR) is 73.9 cm³/mol. The molecule has 2 N–H and O–H groups in total. The summed E-state index contributed by atoms with van der Waals surface area (Å²) in [7, 11) is 0. The van der Waals surface area contributed by atoms with Gasteiger partial charge < -0.3 is 15.3 Å². The first-order valence-corrected chi connectivity index (χ1v) is 7.36. The number of carboxylic acids is 1. The van der Waals surface area contributed by atoms with Crippen molar-refractivity contribution in [1.82, 2.24) is 10.2 Å². The van der Waals surface area contributed by atoms with E-state index in [0.717, 1.165) is 32.4 Å². The van der Waals surface area contributed by atoms with E-state index in [4.69, 9.17) is 5.11 Å². The zero-order valence-corrected chi connectivity index (χ0v) is 11.7. The van der Waals surface area contributed by atoms with Crippen LogP contribution in [0.1, 0.15) is 51.9 Å². The number of likely N-dealkylation sites (tertiary alicyclic amines) is 1. The molecule has 1 aliphatic heterocycles. The van der Waals surface area contributed by atoms with Crippen molar-refractivity contribution in [2.24, 2.45) is 0 Å². The van der Waals surface area contributed by atoms with Gasteiger partial charge in [0, 0.05) is 19.0 Å². The van der Waals surface area contributed by atoms with Crippen LogP contribution in [0, 0.1) is 0 Å². The van der Waals surface area contributed by atoms with Gasteiger partial charge in [-0.15, -0.1) is 0 Å². The summed E-state index contributed by atoms with van der Waals surface area (Å²) in [4.78, 5) is 12.9. The van der Waals surface area contributed by atoms with Gasteiger partial charge in [0.2, 0.25) is 0 Å². The molecule has 0 aromatic rings. The summed E-state index contributed by atoms with van der Waals surface area (Å²) in [6.45, 7) is 6.91. The number of aliphatic carboxylic acids is 1. The molecule has 1 fully saturated rings. The standard InChI is InChI=1S/C14H28N2O2/c1-13(12-16-10-6-3-7-11-16)15-9-5-2-4-8-14(17)18/h13,15H,2-12H2,1H3,(H,17,18). The van der Waals surface area contributed by atoms with Crippen molar-refractivity contribution in [2.75, 3.05) is 26.2 Å². The molecular formula is C14H28N2O2. The Balaban J connectivity index is 1.92. The van der Waals surface area contributed by atoms with Crippen molar-refractivity contribution in [3.8, 4) is 0 Å². The van der Waals surface area contributed by atoms with E-state index in [-0.39, 0.29) is 0 Å². The molecule has 1 saturated heterocycles. The minimum atomic E-state index is -0.679. The summed E-state index contributed by atoms with van der Waals surface area (Å²) in [6, 6.07) is 0.544. The quantitative estimate of drug-likeness (QED) is 0.620. The Bertz CT molecular complexity index is 228. The van der Waals surface area contributed by atoms with Gasteiger partial charge in [0.25, 0.3) is 0 Å². The van der Waals surface area contributed by atoms with Crippen LogP contribution in [0.4, 0.5) is 0 Å². The molecule has 0 spiro atoms. The lowest BCUT2D eigenvalue weighted by molar-refractivity contribution is -0.137. The molecule has 0 radical (unpaired) electrons. The fourth-order valence-electron chi connectivity index (χ4n) is 2.52. The van der Waals surface area contributed by atoms with Gasteiger partial charge >= 0.3 is 5.97 Å². The van der Waals surface area contributed by atoms with Gasteiger partial charge in [-0.1, -0.05) is 12.8 Å². The molecule has 4 heteroatoms. The predicted octanol–water partition coefficient (Wildman–Crippen LogP) is 2.10. The number of carbonyl (C=O) groups is 1. The molecule has 1 unspecified atom stereocenters. The molecule has 0 aromatic heterocycles. The van der Waals surface area contributed by atoms with E-state index in [1.54, 1.807) is 0 Å². The minimum absolute atomic E-state index is 0.309. The Morgan fingerprint density at radius 1 is 1.22 bits per heavy atom. The minimum Gasteiger partial charge on any atom is -0.481 e. The SMILES string of the molecule is CC(CN1CCCCC1)NCCCCCC(=O)O. The Labute approximate surface area is 111 Å². The highest BCUT2D eigenvalue weighted by Crippen LogP contribution is 2.08. The Hall–Kier alpha value is -0.610. The fourth-order valence-corrected chi connectivity index (χ4v) is 2.52. The normalized spacial score (nSPS) is 18.7. The third kappa shape index (κ3) is 7.67. The second-order valence-electron chi connectivity index (χ2n) is 5.42. The van der Waals surface area contributed by atoms with Crippen LogP contribution in [-0.4, -0.2) is 48.2 Å². The van der Waals surface area contributed by atoms with Crippen LogP contribution in [-0.2, 0) is 4.79 Å². The molecule has 1 atom stereocenters. The number of carboxylic acid groups (broad SMARTS) is 1. The van der Waals surface area contributed by atoms with Crippen molar-refractivity contribution in [3.63, 3.8) is 0 Å². The molecule has 0 aromatic carbocycles. The molecule has 1 aliphatic rings. The number of piperidine rings is 1. The molecule has 0 amide bonds. The maximum absolute atomic E-state index is 10.3. The molecule has 106 valence electrons. The van der Waals surface area contributed by atoms with Crippen molar-refractivity contribution >= 4 is 5.97 Å². The lowest BCUT2D eigenvalue weighted by atomic mass is 10.1. The molecule has 0 bridgehead atoms. The highest BCUT2D eigenvalue weighted by atomic mass is 16.4. The third-order valence-electron chi connectivity index (χ3n) is 3.54. The van der Waals surface area contributed by atoms with E-state index >= 15 is 0 Å². The second kappa shape index (κ2) is 9.34. The van der Waals surface area contributed by atoms with Gasteiger partial charge in [-0.25, -0.2) is 0 Å². The monoisotopic (exact) mass is 256 g/mol.